The first-order chi connectivity index (χ1) is 8.12. The Morgan fingerprint density at radius 2 is 1.71 bits per heavy atom. The lowest BCUT2D eigenvalue weighted by atomic mass is 10.2. The van der Waals surface area contributed by atoms with Gasteiger partial charge in [0.05, 0.1) is 13.2 Å². The van der Waals surface area contributed by atoms with Crippen LogP contribution in [-0.2, 0) is 20.0 Å². The number of halogens is 1. The Morgan fingerprint density at radius 3 is 2.18 bits per heavy atom. The quantitative estimate of drug-likeness (QED) is 0.700. The van der Waals surface area contributed by atoms with Gasteiger partial charge in [-0.3, -0.25) is 4.57 Å². The van der Waals surface area contributed by atoms with Gasteiger partial charge in [-0.25, -0.2) is 4.39 Å². The van der Waals surface area contributed by atoms with Gasteiger partial charge in [-0.2, -0.15) is 0 Å². The van der Waals surface area contributed by atoms with Crippen LogP contribution in [0.25, 0.3) is 0 Å². The first kappa shape index (κ1) is 14.4. The van der Waals surface area contributed by atoms with Gasteiger partial charge in [-0.15, -0.1) is 0 Å². The maximum atomic E-state index is 14.0. The zero-order chi connectivity index (χ0) is 12.7. The summed E-state index contributed by atoms with van der Waals surface area (Å²) in [4.78, 5) is 0. The van der Waals surface area contributed by atoms with Crippen molar-refractivity contribution in [2.45, 2.75) is 26.2 Å². The van der Waals surface area contributed by atoms with Crippen molar-refractivity contribution in [3.8, 4) is 0 Å². The molecular weight excluding hydrogens is 242 g/mol. The van der Waals surface area contributed by atoms with Gasteiger partial charge in [-0.05, 0) is 19.4 Å². The van der Waals surface area contributed by atoms with E-state index in [0.29, 0.717) is 0 Å². The van der Waals surface area contributed by atoms with Gasteiger partial charge in [0.2, 0.25) is 5.91 Å². The number of hydrogen-bond acceptors (Lipinski definition) is 3. The van der Waals surface area contributed by atoms with Gasteiger partial charge in [0.15, 0.2) is 0 Å². The van der Waals surface area contributed by atoms with Gasteiger partial charge >= 0.3 is 7.60 Å². The highest BCUT2D eigenvalue weighted by molar-refractivity contribution is 7.54. The maximum absolute atomic E-state index is 14.0. The molecule has 1 rings (SSSR count). The fourth-order valence-corrected chi connectivity index (χ4v) is 3.03. The van der Waals surface area contributed by atoms with Gasteiger partial charge < -0.3 is 9.05 Å². The Hall–Kier alpha value is -0.700. The third kappa shape index (κ3) is 4.23. The third-order valence-electron chi connectivity index (χ3n) is 2.21. The average molecular weight is 260 g/mol. The van der Waals surface area contributed by atoms with Crippen LogP contribution in [0.4, 0.5) is 4.39 Å². The molecule has 3 nitrogen and oxygen atoms in total. The molecule has 0 saturated heterocycles. The summed E-state index contributed by atoms with van der Waals surface area (Å²) >= 11 is 0. The highest BCUT2D eigenvalue weighted by Gasteiger charge is 2.35. The summed E-state index contributed by atoms with van der Waals surface area (Å²) in [6.45, 7) is 3.68. The summed E-state index contributed by atoms with van der Waals surface area (Å²) in [6.07, 6.45) is 0.0398. The monoisotopic (exact) mass is 260 g/mol. The molecule has 0 aliphatic carbocycles. The first-order valence-corrected chi connectivity index (χ1v) is 7.30. The zero-order valence-corrected chi connectivity index (χ0v) is 11.0. The van der Waals surface area contributed by atoms with Crippen molar-refractivity contribution in [3.63, 3.8) is 0 Å². The third-order valence-corrected chi connectivity index (χ3v) is 4.31. The van der Waals surface area contributed by atoms with Crippen LogP contribution in [0.1, 0.15) is 19.4 Å². The van der Waals surface area contributed by atoms with Gasteiger partial charge in [-0.1, -0.05) is 30.3 Å². The van der Waals surface area contributed by atoms with Crippen molar-refractivity contribution in [3.05, 3.63) is 35.9 Å². The Balaban J connectivity index is 2.72. The molecule has 0 bridgehead atoms. The predicted molar refractivity (Wildman–Crippen MR) is 65.9 cm³/mol. The van der Waals surface area contributed by atoms with Gasteiger partial charge in [0.25, 0.3) is 0 Å². The van der Waals surface area contributed by atoms with Crippen LogP contribution >= 0.6 is 7.60 Å². The molecule has 0 aliphatic rings. The van der Waals surface area contributed by atoms with Crippen molar-refractivity contribution in [2.24, 2.45) is 0 Å². The second-order valence-corrected chi connectivity index (χ2v) is 5.66. The molecule has 0 aromatic heterocycles. The molecule has 1 atom stereocenters. The van der Waals surface area contributed by atoms with Crippen LogP contribution in [0.15, 0.2) is 30.3 Å². The Labute approximate surface area is 101 Å². The Kier molecular flexibility index (Phi) is 5.83. The number of hydrogen-bond donors (Lipinski definition) is 0. The van der Waals surface area contributed by atoms with Crippen molar-refractivity contribution < 1.29 is 18.0 Å². The van der Waals surface area contributed by atoms with E-state index in [-0.39, 0.29) is 19.6 Å². The SMILES string of the molecule is CCOP(=O)(OCC)C(F)Cc1ccccc1. The van der Waals surface area contributed by atoms with E-state index in [1.807, 2.05) is 18.2 Å². The molecule has 0 fully saturated rings. The van der Waals surface area contributed by atoms with Crippen LogP contribution in [0.5, 0.6) is 0 Å². The molecule has 1 aromatic rings. The van der Waals surface area contributed by atoms with E-state index in [1.165, 1.54) is 0 Å². The summed E-state index contributed by atoms with van der Waals surface area (Å²) in [5.41, 5.74) is 0.777. The average Bonchev–Trinajstić information content (AvgIpc) is 2.31. The molecule has 0 radical (unpaired) electrons. The van der Waals surface area contributed by atoms with E-state index in [9.17, 15) is 8.96 Å². The summed E-state index contributed by atoms with van der Waals surface area (Å²) < 4.78 is 36.0. The summed E-state index contributed by atoms with van der Waals surface area (Å²) in [5.74, 6) is -1.62. The van der Waals surface area contributed by atoms with Crippen LogP contribution < -0.4 is 0 Å². The molecule has 0 saturated carbocycles. The molecule has 0 amide bonds. The van der Waals surface area contributed by atoms with E-state index < -0.39 is 13.5 Å². The van der Waals surface area contributed by atoms with E-state index in [4.69, 9.17) is 9.05 Å². The highest BCUT2D eigenvalue weighted by atomic mass is 31.2. The maximum Gasteiger partial charge on any atom is 0.364 e. The van der Waals surface area contributed by atoms with E-state index in [0.717, 1.165) is 5.56 Å². The van der Waals surface area contributed by atoms with Gasteiger partial charge in [0, 0.05) is 6.42 Å². The van der Waals surface area contributed by atoms with Crippen molar-refractivity contribution in [2.75, 3.05) is 13.2 Å². The summed E-state index contributed by atoms with van der Waals surface area (Å²) in [6, 6.07) is 9.05. The lowest BCUT2D eigenvalue weighted by Crippen LogP contribution is -2.11. The fourth-order valence-electron chi connectivity index (χ4n) is 1.48. The zero-order valence-electron chi connectivity index (χ0n) is 10.1. The number of rotatable bonds is 7. The largest absolute Gasteiger partial charge is 0.364 e. The van der Waals surface area contributed by atoms with Crippen molar-refractivity contribution >= 4 is 7.60 Å². The topological polar surface area (TPSA) is 35.5 Å². The Morgan fingerprint density at radius 1 is 1.18 bits per heavy atom. The molecule has 0 spiro atoms. The van der Waals surface area contributed by atoms with Crippen LogP contribution in [0.2, 0.25) is 0 Å². The van der Waals surface area contributed by atoms with Crippen LogP contribution in [0.3, 0.4) is 0 Å². The highest BCUT2D eigenvalue weighted by Crippen LogP contribution is 2.54. The second-order valence-electron chi connectivity index (χ2n) is 3.50. The van der Waals surface area contributed by atoms with Crippen molar-refractivity contribution in [1.29, 1.82) is 0 Å². The molecule has 96 valence electrons. The van der Waals surface area contributed by atoms with E-state index in [1.54, 1.807) is 26.0 Å². The molecule has 0 N–H and O–H groups in total. The van der Waals surface area contributed by atoms with Crippen LogP contribution in [0, 0.1) is 0 Å². The number of benzene rings is 1. The predicted octanol–water partition coefficient (Wildman–Crippen LogP) is 3.79. The van der Waals surface area contributed by atoms with E-state index in [2.05, 4.69) is 0 Å². The molecule has 17 heavy (non-hydrogen) atoms. The molecule has 0 heterocycles. The minimum Gasteiger partial charge on any atom is -0.307 e. The number of alkyl halides is 1. The lowest BCUT2D eigenvalue weighted by molar-refractivity contribution is 0.189. The minimum absolute atomic E-state index is 0.0398. The summed E-state index contributed by atoms with van der Waals surface area (Å²) in [7, 11) is -3.64. The van der Waals surface area contributed by atoms with E-state index >= 15 is 0 Å². The molecular formula is C12H18FO3P. The molecule has 5 heteroatoms. The minimum atomic E-state index is -3.64. The smallest absolute Gasteiger partial charge is 0.307 e. The molecule has 1 aromatic carbocycles. The standard InChI is InChI=1S/C12H18FO3P/c1-3-15-17(14,16-4-2)12(13)10-11-8-6-5-7-9-11/h5-9,12H,3-4,10H2,1-2H3. The molecule has 1 unspecified atom stereocenters. The fraction of sp³-hybridized carbons (Fsp3) is 0.500. The molecule has 0 aliphatic heterocycles. The first-order valence-electron chi connectivity index (χ1n) is 5.69. The normalized spacial score (nSPS) is 13.6. The van der Waals surface area contributed by atoms with Crippen molar-refractivity contribution in [1.82, 2.24) is 0 Å². The summed E-state index contributed by atoms with van der Waals surface area (Å²) in [5, 5.41) is 0. The van der Waals surface area contributed by atoms with Crippen LogP contribution in [-0.4, -0.2) is 19.1 Å². The lowest BCUT2D eigenvalue weighted by Gasteiger charge is -2.20. The second kappa shape index (κ2) is 6.90. The van der Waals surface area contributed by atoms with Gasteiger partial charge in [0.1, 0.15) is 0 Å². The Bertz CT molecular complexity index is 359.